The Morgan fingerprint density at radius 1 is 1.41 bits per heavy atom. The van der Waals surface area contributed by atoms with Gasteiger partial charge in [-0.25, -0.2) is 0 Å². The molecule has 0 amide bonds. The summed E-state index contributed by atoms with van der Waals surface area (Å²) in [5, 5.41) is 3.86. The summed E-state index contributed by atoms with van der Waals surface area (Å²) in [5.74, 6) is 0.427. The first-order chi connectivity index (χ1) is 8.15. The quantitative estimate of drug-likeness (QED) is 0.295. The third-order valence-corrected chi connectivity index (χ3v) is 2.00. The third kappa shape index (κ3) is 4.74. The lowest BCUT2D eigenvalue weighted by Gasteiger charge is -2.05. The van der Waals surface area contributed by atoms with E-state index in [0.29, 0.717) is 0 Å². The Morgan fingerprint density at radius 3 is 2.53 bits per heavy atom. The molecule has 17 heavy (non-hydrogen) atoms. The molecule has 92 valence electrons. The van der Waals surface area contributed by atoms with Crippen LogP contribution in [0.4, 0.5) is 5.69 Å². The van der Waals surface area contributed by atoms with Gasteiger partial charge in [0.1, 0.15) is 11.6 Å². The molecule has 0 aliphatic heterocycles. The fourth-order valence-corrected chi connectivity index (χ4v) is 1.15. The van der Waals surface area contributed by atoms with Gasteiger partial charge in [0.15, 0.2) is 0 Å². The SMILES string of the molecule is COc1ccc(NN=C(CCl)OC(C)=O)cc1. The van der Waals surface area contributed by atoms with Gasteiger partial charge in [-0.15, -0.1) is 16.7 Å². The van der Waals surface area contributed by atoms with Crippen molar-refractivity contribution < 1.29 is 14.3 Å². The van der Waals surface area contributed by atoms with Crippen molar-refractivity contribution in [3.63, 3.8) is 0 Å². The summed E-state index contributed by atoms with van der Waals surface area (Å²) in [7, 11) is 1.59. The van der Waals surface area contributed by atoms with E-state index >= 15 is 0 Å². The third-order valence-electron chi connectivity index (χ3n) is 1.78. The predicted molar refractivity (Wildman–Crippen MR) is 66.5 cm³/mol. The Kier molecular flexibility index (Phi) is 5.29. The van der Waals surface area contributed by atoms with Crippen LogP contribution in [0.1, 0.15) is 6.92 Å². The molecular weight excluding hydrogens is 244 g/mol. The summed E-state index contributed by atoms with van der Waals surface area (Å²) in [5.41, 5.74) is 3.46. The molecule has 0 aliphatic rings. The molecule has 0 aromatic heterocycles. The van der Waals surface area contributed by atoms with Crippen molar-refractivity contribution in [2.24, 2.45) is 5.10 Å². The largest absolute Gasteiger partial charge is 0.497 e. The summed E-state index contributed by atoms with van der Waals surface area (Å²) in [6.45, 7) is 1.29. The minimum Gasteiger partial charge on any atom is -0.497 e. The zero-order valence-electron chi connectivity index (χ0n) is 9.57. The molecule has 0 radical (unpaired) electrons. The number of alkyl halides is 1. The molecule has 0 saturated carbocycles. The van der Waals surface area contributed by atoms with E-state index < -0.39 is 5.97 Å². The molecular formula is C11H13ClN2O3. The Labute approximate surface area is 104 Å². The first kappa shape index (κ1) is 13.3. The second-order valence-corrected chi connectivity index (χ2v) is 3.34. The van der Waals surface area contributed by atoms with Crippen LogP contribution in [-0.2, 0) is 9.53 Å². The van der Waals surface area contributed by atoms with Crippen molar-refractivity contribution in [2.75, 3.05) is 18.4 Å². The number of rotatable bonds is 4. The van der Waals surface area contributed by atoms with Gasteiger partial charge in [0.2, 0.25) is 5.90 Å². The van der Waals surface area contributed by atoms with Crippen LogP contribution in [0.3, 0.4) is 0 Å². The molecule has 0 atom stereocenters. The number of methoxy groups -OCH3 is 1. The highest BCUT2D eigenvalue weighted by molar-refractivity contribution is 6.27. The summed E-state index contributed by atoms with van der Waals surface area (Å²) >= 11 is 5.56. The molecule has 0 spiro atoms. The van der Waals surface area contributed by atoms with Crippen molar-refractivity contribution in [1.82, 2.24) is 0 Å². The highest BCUT2D eigenvalue weighted by Gasteiger charge is 2.02. The predicted octanol–water partition coefficient (Wildman–Crippen LogP) is 2.22. The van der Waals surface area contributed by atoms with E-state index in [1.165, 1.54) is 6.92 Å². The van der Waals surface area contributed by atoms with E-state index in [2.05, 4.69) is 10.5 Å². The molecule has 5 nitrogen and oxygen atoms in total. The molecule has 1 N–H and O–H groups in total. The van der Waals surface area contributed by atoms with E-state index in [4.69, 9.17) is 21.1 Å². The van der Waals surface area contributed by atoms with Gasteiger partial charge >= 0.3 is 5.97 Å². The zero-order valence-corrected chi connectivity index (χ0v) is 10.3. The first-order valence-corrected chi connectivity index (χ1v) is 5.40. The number of nitrogens with one attached hydrogen (secondary N) is 1. The van der Waals surface area contributed by atoms with Gasteiger partial charge in [-0.3, -0.25) is 10.2 Å². The molecule has 0 heterocycles. The summed E-state index contributed by atoms with van der Waals surface area (Å²) in [6, 6.07) is 7.12. The van der Waals surface area contributed by atoms with Crippen LogP contribution in [0.15, 0.2) is 29.4 Å². The lowest BCUT2D eigenvalue weighted by Crippen LogP contribution is -2.12. The fourth-order valence-electron chi connectivity index (χ4n) is 1.04. The highest BCUT2D eigenvalue weighted by atomic mass is 35.5. The number of carbonyl (C=O) groups excluding carboxylic acids is 1. The minimum absolute atomic E-state index is 0.0166. The Hall–Kier alpha value is -1.75. The average Bonchev–Trinajstić information content (AvgIpc) is 2.34. The van der Waals surface area contributed by atoms with Gasteiger partial charge in [-0.1, -0.05) is 0 Å². The number of benzene rings is 1. The number of nitrogens with zero attached hydrogens (tertiary/aromatic N) is 1. The van der Waals surface area contributed by atoms with Crippen molar-refractivity contribution in [1.29, 1.82) is 0 Å². The van der Waals surface area contributed by atoms with Crippen LogP contribution in [0.2, 0.25) is 0 Å². The van der Waals surface area contributed by atoms with Gasteiger partial charge in [0.25, 0.3) is 0 Å². The summed E-state index contributed by atoms with van der Waals surface area (Å²) in [4.78, 5) is 10.7. The summed E-state index contributed by atoms with van der Waals surface area (Å²) < 4.78 is 9.77. The van der Waals surface area contributed by atoms with E-state index in [1.54, 1.807) is 31.4 Å². The van der Waals surface area contributed by atoms with E-state index in [9.17, 15) is 4.79 Å². The fraction of sp³-hybridized carbons (Fsp3) is 0.273. The summed E-state index contributed by atoms with van der Waals surface area (Å²) in [6.07, 6.45) is 0. The molecule has 6 heteroatoms. The second kappa shape index (κ2) is 6.75. The topological polar surface area (TPSA) is 59.9 Å². The molecule has 0 fully saturated rings. The maximum absolute atomic E-state index is 10.7. The average molecular weight is 257 g/mol. The number of ether oxygens (including phenoxy) is 2. The maximum atomic E-state index is 10.7. The van der Waals surface area contributed by atoms with E-state index in [-0.39, 0.29) is 11.8 Å². The number of hydrogen-bond acceptors (Lipinski definition) is 5. The standard InChI is InChI=1S/C11H13ClN2O3/c1-8(15)17-11(7-12)14-13-9-3-5-10(16-2)6-4-9/h3-6,13H,7H2,1-2H3. The van der Waals surface area contributed by atoms with Gasteiger partial charge in [-0.05, 0) is 24.3 Å². The van der Waals surface area contributed by atoms with Crippen LogP contribution < -0.4 is 10.2 Å². The number of hydrogen-bond donors (Lipinski definition) is 1. The monoisotopic (exact) mass is 256 g/mol. The van der Waals surface area contributed by atoms with Crippen LogP contribution in [0.25, 0.3) is 0 Å². The van der Waals surface area contributed by atoms with Crippen molar-refractivity contribution >= 4 is 29.2 Å². The number of carbonyl (C=O) groups is 1. The van der Waals surface area contributed by atoms with Crippen LogP contribution in [0, 0.1) is 0 Å². The van der Waals surface area contributed by atoms with Crippen molar-refractivity contribution in [2.45, 2.75) is 6.92 Å². The first-order valence-electron chi connectivity index (χ1n) is 4.86. The Bertz CT molecular complexity index is 404. The number of hydrazone groups is 1. The normalized spacial score (nSPS) is 10.9. The Morgan fingerprint density at radius 2 is 2.06 bits per heavy atom. The molecule has 0 saturated heterocycles. The van der Waals surface area contributed by atoms with Gasteiger partial charge in [-0.2, -0.15) is 0 Å². The number of esters is 1. The van der Waals surface area contributed by atoms with Crippen molar-refractivity contribution in [3.8, 4) is 5.75 Å². The van der Waals surface area contributed by atoms with E-state index in [1.807, 2.05) is 0 Å². The lowest BCUT2D eigenvalue weighted by molar-refractivity contribution is -0.133. The molecule has 1 aromatic carbocycles. The van der Waals surface area contributed by atoms with Crippen molar-refractivity contribution in [3.05, 3.63) is 24.3 Å². The van der Waals surface area contributed by atoms with Gasteiger partial charge in [0, 0.05) is 6.92 Å². The van der Waals surface area contributed by atoms with Crippen LogP contribution in [0.5, 0.6) is 5.75 Å². The number of halogens is 1. The van der Waals surface area contributed by atoms with Crippen LogP contribution >= 0.6 is 11.6 Å². The number of anilines is 1. The molecule has 0 bridgehead atoms. The molecule has 1 aromatic rings. The van der Waals surface area contributed by atoms with Gasteiger partial charge in [0.05, 0.1) is 12.8 Å². The smallest absolute Gasteiger partial charge is 0.309 e. The maximum Gasteiger partial charge on any atom is 0.309 e. The molecule has 0 aliphatic carbocycles. The van der Waals surface area contributed by atoms with E-state index in [0.717, 1.165) is 11.4 Å². The lowest BCUT2D eigenvalue weighted by atomic mass is 10.3. The molecule has 0 unspecified atom stereocenters. The van der Waals surface area contributed by atoms with Crippen LogP contribution in [-0.4, -0.2) is 24.9 Å². The second-order valence-electron chi connectivity index (χ2n) is 3.07. The molecule has 1 rings (SSSR count). The van der Waals surface area contributed by atoms with Gasteiger partial charge < -0.3 is 9.47 Å². The zero-order chi connectivity index (χ0) is 12.7. The Balaban J connectivity index is 2.63. The highest BCUT2D eigenvalue weighted by Crippen LogP contribution is 2.14. The minimum atomic E-state index is -0.457.